The van der Waals surface area contributed by atoms with Crippen molar-refractivity contribution >= 4 is 65.8 Å². The van der Waals surface area contributed by atoms with Crippen LogP contribution in [-0.2, 0) is 16.6 Å². The number of anilines is 1. The highest BCUT2D eigenvalue weighted by Gasteiger charge is 2.36. The molecular formula is C41H35ClFN9O4S2. The summed E-state index contributed by atoms with van der Waals surface area (Å²) in [6.07, 6.45) is 6.51. The van der Waals surface area contributed by atoms with Crippen molar-refractivity contribution in [2.45, 2.75) is 62.4 Å². The number of aryl methyl sites for hydroxylation is 1. The Kier molecular flexibility index (Phi) is 10.7. The molecule has 0 atom stereocenters. The Morgan fingerprint density at radius 3 is 2.62 bits per heavy atom. The number of nitrogens with zero attached hydrogens (tertiary/aromatic N) is 8. The fourth-order valence-electron chi connectivity index (χ4n) is 7.60. The van der Waals surface area contributed by atoms with Gasteiger partial charge in [-0.05, 0) is 69.0 Å². The summed E-state index contributed by atoms with van der Waals surface area (Å²) in [5.41, 5.74) is 2.31. The molecule has 1 aliphatic heterocycles. The smallest absolute Gasteiger partial charge is 0.281 e. The first-order valence-corrected chi connectivity index (χ1v) is 21.2. The summed E-state index contributed by atoms with van der Waals surface area (Å²) in [5, 5.41) is 12.2. The fourth-order valence-corrected chi connectivity index (χ4v) is 9.72. The average molecular weight is 836 g/mol. The van der Waals surface area contributed by atoms with E-state index in [2.05, 4.69) is 47.5 Å². The molecule has 2 aliphatic rings. The third-order valence-electron chi connectivity index (χ3n) is 10.8. The van der Waals surface area contributed by atoms with Crippen LogP contribution in [0.1, 0.15) is 53.0 Å². The summed E-state index contributed by atoms with van der Waals surface area (Å²) < 4.78 is 43.3. The molecule has 13 nitrogen and oxygen atoms in total. The molecule has 1 saturated carbocycles. The average Bonchev–Trinajstić information content (AvgIpc) is 3.66. The number of nitrogens with one attached hydrogen (secondary N) is 1. The van der Waals surface area contributed by atoms with Crippen LogP contribution in [0, 0.1) is 30.1 Å². The summed E-state index contributed by atoms with van der Waals surface area (Å²) in [7, 11) is -2.34. The van der Waals surface area contributed by atoms with E-state index < -0.39 is 27.7 Å². The van der Waals surface area contributed by atoms with Crippen molar-refractivity contribution in [2.24, 2.45) is 0 Å². The van der Waals surface area contributed by atoms with Gasteiger partial charge in [-0.15, -0.1) is 11.3 Å². The van der Waals surface area contributed by atoms with Crippen LogP contribution < -0.4 is 15.2 Å². The van der Waals surface area contributed by atoms with Crippen molar-refractivity contribution in [2.75, 3.05) is 25.0 Å². The van der Waals surface area contributed by atoms with Gasteiger partial charge < -0.3 is 9.80 Å². The number of carbonyl (C=O) groups excluding carboxylic acids is 1. The Bertz CT molecular complexity index is 2870. The second-order valence-electron chi connectivity index (χ2n) is 14.3. The standard InChI is InChI=1S/C41H35ClFN9O4S2/c1-24-48-34-22-47-39(50(2)28-11-16-51(17-12-28)29-19-27(43)20-29)32(21-44)36(34)41(54)52(24)15-5-6-25-8-9-26(42)18-31(25)30-10-14-46-37-33(23-57-38(30)37)40(53)49-58(55,56)35-7-3-4-13-45-35/h3-4,7-10,13-14,18,22-23,27-29H,11-12,15-17,19-20H2,1-2H3,(H,49,53). The van der Waals surface area contributed by atoms with Crippen molar-refractivity contribution in [3.63, 3.8) is 0 Å². The van der Waals surface area contributed by atoms with Crippen LogP contribution in [0.4, 0.5) is 10.2 Å². The molecule has 1 saturated heterocycles. The zero-order valence-corrected chi connectivity index (χ0v) is 33.7. The summed E-state index contributed by atoms with van der Waals surface area (Å²) >= 11 is 7.69. The van der Waals surface area contributed by atoms with Crippen molar-refractivity contribution in [3.05, 3.63) is 104 Å². The minimum Gasteiger partial charge on any atom is -0.355 e. The summed E-state index contributed by atoms with van der Waals surface area (Å²) in [5.74, 6) is 6.24. The Balaban J connectivity index is 1.07. The Morgan fingerprint density at radius 2 is 1.90 bits per heavy atom. The lowest BCUT2D eigenvalue weighted by Crippen LogP contribution is -2.52. The molecule has 294 valence electrons. The molecule has 58 heavy (non-hydrogen) atoms. The number of piperidine rings is 1. The van der Waals surface area contributed by atoms with Gasteiger partial charge in [0.1, 0.15) is 29.4 Å². The Labute approximate surface area is 342 Å². The van der Waals surface area contributed by atoms with E-state index >= 15 is 0 Å². The van der Waals surface area contributed by atoms with Gasteiger partial charge in [0.15, 0.2) is 5.03 Å². The maximum atomic E-state index is 14.1. The molecule has 1 aliphatic carbocycles. The number of nitriles is 1. The topological polar surface area (TPSA) is 167 Å². The molecule has 1 aromatic carbocycles. The monoisotopic (exact) mass is 835 g/mol. The van der Waals surface area contributed by atoms with E-state index in [1.165, 1.54) is 52.0 Å². The second-order valence-corrected chi connectivity index (χ2v) is 17.2. The number of rotatable bonds is 8. The number of likely N-dealkylation sites (tertiary alicyclic amines) is 1. The fraction of sp³-hybridized carbons (Fsp3) is 0.293. The summed E-state index contributed by atoms with van der Waals surface area (Å²) in [6.45, 7) is 3.33. The van der Waals surface area contributed by atoms with Crippen LogP contribution in [0.15, 0.2) is 76.3 Å². The van der Waals surface area contributed by atoms with Crippen LogP contribution in [0.3, 0.4) is 0 Å². The highest BCUT2D eigenvalue weighted by atomic mass is 35.5. The van der Waals surface area contributed by atoms with Gasteiger partial charge in [0.25, 0.3) is 21.5 Å². The number of halogens is 2. The van der Waals surface area contributed by atoms with Crippen LogP contribution >= 0.6 is 22.9 Å². The second kappa shape index (κ2) is 15.9. The van der Waals surface area contributed by atoms with Crippen molar-refractivity contribution in [1.82, 2.24) is 34.1 Å². The first kappa shape index (κ1) is 39.1. The van der Waals surface area contributed by atoms with Gasteiger partial charge >= 0.3 is 0 Å². The van der Waals surface area contributed by atoms with Gasteiger partial charge in [-0.3, -0.25) is 19.1 Å². The molecule has 0 radical (unpaired) electrons. The molecule has 0 bridgehead atoms. The number of aromatic nitrogens is 5. The third-order valence-corrected chi connectivity index (χ3v) is 13.3. The Hall–Kier alpha value is -5.78. The lowest BCUT2D eigenvalue weighted by Gasteiger charge is -2.45. The molecule has 17 heteroatoms. The Morgan fingerprint density at radius 1 is 1.10 bits per heavy atom. The highest BCUT2D eigenvalue weighted by Crippen LogP contribution is 2.37. The zero-order valence-electron chi connectivity index (χ0n) is 31.3. The van der Waals surface area contributed by atoms with Gasteiger partial charge in [-0.1, -0.05) is 29.5 Å². The number of alkyl halides is 1. The molecule has 8 rings (SSSR count). The quantitative estimate of drug-likeness (QED) is 0.182. The number of thiophene rings is 1. The molecular weight excluding hydrogens is 801 g/mol. The van der Waals surface area contributed by atoms with Crippen molar-refractivity contribution in [3.8, 4) is 29.0 Å². The van der Waals surface area contributed by atoms with E-state index in [0.717, 1.165) is 25.9 Å². The molecule has 5 aromatic heterocycles. The van der Waals surface area contributed by atoms with Crippen LogP contribution in [0.2, 0.25) is 5.02 Å². The van der Waals surface area contributed by atoms with Gasteiger partial charge in [0, 0.05) is 71.7 Å². The number of amides is 1. The van der Waals surface area contributed by atoms with E-state index in [0.29, 0.717) is 68.0 Å². The van der Waals surface area contributed by atoms with E-state index in [4.69, 9.17) is 11.6 Å². The highest BCUT2D eigenvalue weighted by molar-refractivity contribution is 7.90. The molecule has 6 heterocycles. The first-order valence-electron chi connectivity index (χ1n) is 18.5. The van der Waals surface area contributed by atoms with E-state index in [1.807, 2.05) is 11.9 Å². The summed E-state index contributed by atoms with van der Waals surface area (Å²) in [4.78, 5) is 49.2. The van der Waals surface area contributed by atoms with E-state index in [9.17, 15) is 27.7 Å². The number of hydrogen-bond acceptors (Lipinski definition) is 12. The zero-order chi connectivity index (χ0) is 40.7. The predicted molar refractivity (Wildman–Crippen MR) is 220 cm³/mol. The number of benzene rings is 1. The van der Waals surface area contributed by atoms with Crippen molar-refractivity contribution < 1.29 is 17.6 Å². The minimum atomic E-state index is -4.23. The number of pyridine rings is 3. The molecule has 1 N–H and O–H groups in total. The number of hydrogen-bond donors (Lipinski definition) is 1. The summed E-state index contributed by atoms with van der Waals surface area (Å²) in [6, 6.07) is 13.9. The SMILES string of the molecule is Cc1nc2cnc(N(C)C3CCN(C4CC(F)C4)CC3)c(C#N)c2c(=O)n1CC#Cc1ccc(Cl)cc1-c1ccnc2c(C(=O)NS(=O)(=O)c3ccccn3)csc12. The third kappa shape index (κ3) is 7.40. The maximum Gasteiger partial charge on any atom is 0.281 e. The molecule has 2 fully saturated rings. The number of carbonyl (C=O) groups is 1. The number of fused-ring (bicyclic) bond motifs is 2. The number of sulfonamides is 1. The lowest BCUT2D eigenvalue weighted by molar-refractivity contribution is 0.0382. The molecule has 6 aromatic rings. The van der Waals surface area contributed by atoms with Crippen LogP contribution in [0.5, 0.6) is 0 Å². The molecule has 0 unspecified atom stereocenters. The molecule has 0 spiro atoms. The maximum absolute atomic E-state index is 14.1. The van der Waals surface area contributed by atoms with E-state index in [1.54, 1.807) is 37.3 Å². The van der Waals surface area contributed by atoms with E-state index in [-0.39, 0.29) is 34.1 Å². The normalized spacial score (nSPS) is 17.3. The predicted octanol–water partition coefficient (Wildman–Crippen LogP) is 5.87. The molecule has 1 amide bonds. The van der Waals surface area contributed by atoms with Crippen LogP contribution in [-0.4, -0.2) is 82.1 Å². The first-order chi connectivity index (χ1) is 27.9. The minimum absolute atomic E-state index is 0.0345. The van der Waals surface area contributed by atoms with Gasteiger partial charge in [0.05, 0.1) is 39.4 Å². The van der Waals surface area contributed by atoms with Crippen LogP contribution in [0.25, 0.3) is 32.2 Å². The largest absolute Gasteiger partial charge is 0.355 e. The van der Waals surface area contributed by atoms with Gasteiger partial charge in [-0.2, -0.15) is 13.7 Å². The van der Waals surface area contributed by atoms with Gasteiger partial charge in [-0.25, -0.2) is 24.1 Å². The van der Waals surface area contributed by atoms with Crippen molar-refractivity contribution in [1.29, 1.82) is 5.26 Å². The van der Waals surface area contributed by atoms with Gasteiger partial charge in [0.2, 0.25) is 0 Å². The lowest BCUT2D eigenvalue weighted by atomic mass is 9.87.